The first-order chi connectivity index (χ1) is 44.8. The smallest absolute Gasteiger partial charge is 0.303 e. The summed E-state index contributed by atoms with van der Waals surface area (Å²) in [6.45, 7) is 10.4. The minimum Gasteiger partial charge on any atom is -0.497 e. The van der Waals surface area contributed by atoms with E-state index in [4.69, 9.17) is 9.47 Å². The molecule has 10 rings (SSSR count). The lowest BCUT2D eigenvalue weighted by atomic mass is 9.81. The van der Waals surface area contributed by atoms with Crippen molar-refractivity contribution >= 4 is 83.7 Å². The van der Waals surface area contributed by atoms with Crippen LogP contribution < -0.4 is 18.9 Å². The van der Waals surface area contributed by atoms with Gasteiger partial charge in [-0.1, -0.05) is 50.7 Å². The second kappa shape index (κ2) is 29.7. The largest absolute Gasteiger partial charge is 0.497 e. The average Bonchev–Trinajstić information content (AvgIpc) is 1.58. The number of carbonyl (C=O) groups excluding carboxylic acids is 6. The molecule has 2 aromatic heterocycles. The highest BCUT2D eigenvalue weighted by molar-refractivity contribution is 7.88. The molecule has 22 nitrogen and oxygen atoms in total. The normalized spacial score (nSPS) is 15.9. The summed E-state index contributed by atoms with van der Waals surface area (Å²) in [6, 6.07) is 22.5. The molecule has 4 aromatic carbocycles. The molecule has 506 valence electrons. The summed E-state index contributed by atoms with van der Waals surface area (Å²) in [5, 5.41) is 1.97. The highest BCUT2D eigenvalue weighted by Gasteiger charge is 2.37. The van der Waals surface area contributed by atoms with E-state index in [9.17, 15) is 45.6 Å². The van der Waals surface area contributed by atoms with Crippen LogP contribution in [0.25, 0.3) is 50.4 Å². The molecule has 4 heterocycles. The Kier molecular flexibility index (Phi) is 22.2. The summed E-state index contributed by atoms with van der Waals surface area (Å²) < 4.78 is 71.6. The summed E-state index contributed by atoms with van der Waals surface area (Å²) in [4.78, 5) is 87.1. The molecule has 0 spiro atoms. The van der Waals surface area contributed by atoms with Crippen molar-refractivity contribution < 1.29 is 55.1 Å². The van der Waals surface area contributed by atoms with Crippen LogP contribution in [-0.4, -0.2) is 185 Å². The lowest BCUT2D eigenvalue weighted by molar-refractivity contribution is -0.141. The van der Waals surface area contributed by atoms with Crippen molar-refractivity contribution in [2.45, 2.75) is 123 Å². The van der Waals surface area contributed by atoms with Gasteiger partial charge in [0.05, 0.1) is 51.2 Å². The third-order valence-electron chi connectivity index (χ3n) is 19.1. The third-order valence-corrected chi connectivity index (χ3v) is 21.9. The Bertz CT molecular complexity index is 4110. The number of rotatable bonds is 20. The van der Waals surface area contributed by atoms with Gasteiger partial charge in [-0.3, -0.25) is 28.8 Å². The highest BCUT2D eigenvalue weighted by atomic mass is 32.2. The number of hydrogen-bond donors (Lipinski definition) is 2. The SMILES string of the molecule is CCN(CC)C(=O)CN(C)C(=O)C1=Cc2cc(OC)ccc2-c2c(C3CCCCC3)c3ccc(C(=O)NS(=O)(=O)N(C)C)cc3n2C1.CCN(CC)C(=O)CN(C)C(=O)C1Cc2cc(OC)ccc2-c2c(C3CCCCC3)c3ccc(C(=O)NS(=O)(=O)N(C)C)cc3n2C1. The van der Waals surface area contributed by atoms with Gasteiger partial charge in [-0.2, -0.15) is 25.4 Å². The maximum Gasteiger partial charge on any atom is 0.303 e. The Morgan fingerprint density at radius 1 is 0.543 bits per heavy atom. The van der Waals surface area contributed by atoms with E-state index in [-0.39, 0.29) is 60.3 Å². The number of nitrogens with one attached hydrogen (secondary N) is 2. The fourth-order valence-corrected chi connectivity index (χ4v) is 15.0. The van der Waals surface area contributed by atoms with Crippen molar-refractivity contribution in [1.82, 2.24) is 46.8 Å². The summed E-state index contributed by atoms with van der Waals surface area (Å²) >= 11 is 0. The quantitative estimate of drug-likeness (QED) is 0.0728. The number of benzene rings is 4. The molecule has 2 saturated carbocycles. The number of ether oxygens (including phenoxy) is 2. The Morgan fingerprint density at radius 2 is 0.989 bits per heavy atom. The minimum atomic E-state index is -4.01. The van der Waals surface area contributed by atoms with E-state index in [1.165, 1.54) is 62.0 Å². The Hall–Kier alpha value is -8.06. The molecule has 1 unspecified atom stereocenters. The topological polar surface area (TPSA) is 243 Å². The second-order valence-corrected chi connectivity index (χ2v) is 29.1. The van der Waals surface area contributed by atoms with Crippen LogP contribution in [0, 0.1) is 5.92 Å². The molecule has 0 bridgehead atoms. The van der Waals surface area contributed by atoms with Crippen molar-refractivity contribution in [3.8, 4) is 34.0 Å². The molecule has 24 heteroatoms. The first kappa shape index (κ1) is 70.3. The molecule has 1 atom stereocenters. The number of nitrogens with zero attached hydrogens (tertiary/aromatic N) is 8. The number of fused-ring (bicyclic) bond motifs is 10. The van der Waals surface area contributed by atoms with Crippen molar-refractivity contribution in [3.05, 3.63) is 112 Å². The Labute approximate surface area is 553 Å². The molecule has 6 amide bonds. The van der Waals surface area contributed by atoms with Gasteiger partial charge in [-0.05, 0) is 161 Å². The van der Waals surface area contributed by atoms with Crippen LogP contribution in [0.1, 0.15) is 147 Å². The summed E-state index contributed by atoms with van der Waals surface area (Å²) in [5.74, 6) is -0.686. The van der Waals surface area contributed by atoms with Gasteiger partial charge in [-0.25, -0.2) is 9.44 Å². The van der Waals surface area contributed by atoms with Crippen LogP contribution in [0.3, 0.4) is 0 Å². The Balaban J connectivity index is 0.000000221. The zero-order valence-corrected chi connectivity index (χ0v) is 58.1. The molecule has 6 aromatic rings. The molecule has 2 fully saturated rings. The number of carbonyl (C=O) groups is 6. The van der Waals surface area contributed by atoms with Gasteiger partial charge >= 0.3 is 20.4 Å². The summed E-state index contributed by atoms with van der Waals surface area (Å²) in [5.41, 5.74) is 10.5. The monoisotopic (exact) mass is 1330 g/mol. The van der Waals surface area contributed by atoms with E-state index >= 15 is 0 Å². The maximum atomic E-state index is 14.2. The molecule has 2 aliphatic carbocycles. The predicted molar refractivity (Wildman–Crippen MR) is 366 cm³/mol. The number of likely N-dealkylation sites (N-methyl/N-ethyl adjacent to an activating group) is 4. The standard InChI is InChI=1S/C35H47N5O6S.C35H45N5O6S/c2*1-7-39(8-2)31(41)22-38(5)35(43)26-18-25-19-27(46-6)15-17-28(25)33-32(23-12-10-9-11-13-23)29-16-14-24(20-30(29)40(33)21-26)34(42)36-47(44,45)37(3)4/h14-17,19-20,23,26H,7-13,18,21-22H2,1-6H3,(H,36,42);14-20,23H,7-13,21-22H2,1-6H3,(H,36,42). The van der Waals surface area contributed by atoms with Gasteiger partial charge in [0.1, 0.15) is 11.5 Å². The zero-order chi connectivity index (χ0) is 68.1. The van der Waals surface area contributed by atoms with Gasteiger partial charge in [0.15, 0.2) is 0 Å². The molecule has 2 N–H and O–H groups in total. The van der Waals surface area contributed by atoms with Crippen molar-refractivity contribution in [2.75, 3.05) is 95.8 Å². The maximum absolute atomic E-state index is 14.2. The third kappa shape index (κ3) is 14.7. The van der Waals surface area contributed by atoms with E-state index < -0.39 is 38.2 Å². The van der Waals surface area contributed by atoms with E-state index in [0.717, 1.165) is 115 Å². The van der Waals surface area contributed by atoms with Crippen molar-refractivity contribution in [1.29, 1.82) is 0 Å². The molecular formula is C70H92N10O12S2. The van der Waals surface area contributed by atoms with Crippen LogP contribution >= 0.6 is 0 Å². The number of methoxy groups -OCH3 is 2. The zero-order valence-electron chi connectivity index (χ0n) is 56.5. The van der Waals surface area contributed by atoms with Gasteiger partial charge < -0.3 is 38.2 Å². The molecule has 4 aliphatic rings. The first-order valence-corrected chi connectivity index (χ1v) is 35.6. The second-order valence-electron chi connectivity index (χ2n) is 25.3. The summed E-state index contributed by atoms with van der Waals surface area (Å²) in [6.07, 6.45) is 13.3. The van der Waals surface area contributed by atoms with Crippen molar-refractivity contribution in [3.63, 3.8) is 0 Å². The fourth-order valence-electron chi connectivity index (χ4n) is 13.9. The predicted octanol–water partition coefficient (Wildman–Crippen LogP) is 9.02. The van der Waals surface area contributed by atoms with E-state index in [0.29, 0.717) is 62.1 Å². The lowest BCUT2D eigenvalue weighted by Crippen LogP contribution is -2.43. The average molecular weight is 1330 g/mol. The van der Waals surface area contributed by atoms with Crippen LogP contribution in [0.5, 0.6) is 11.5 Å². The van der Waals surface area contributed by atoms with Gasteiger partial charge in [0.25, 0.3) is 17.7 Å². The molecule has 94 heavy (non-hydrogen) atoms. The van der Waals surface area contributed by atoms with E-state index in [1.54, 1.807) is 62.4 Å². The van der Waals surface area contributed by atoms with Crippen LogP contribution in [-0.2, 0) is 59.1 Å². The van der Waals surface area contributed by atoms with Crippen LogP contribution in [0.2, 0.25) is 0 Å². The molecule has 2 aliphatic heterocycles. The lowest BCUT2D eigenvalue weighted by Gasteiger charge is -2.26. The highest BCUT2D eigenvalue weighted by Crippen LogP contribution is 2.49. The number of aromatic nitrogens is 2. The van der Waals surface area contributed by atoms with Crippen LogP contribution in [0.15, 0.2) is 78.4 Å². The fraction of sp³-hybridized carbons (Fsp3) is 0.486. The summed E-state index contributed by atoms with van der Waals surface area (Å²) in [7, 11) is 3.97. The number of amides is 6. The van der Waals surface area contributed by atoms with E-state index in [1.807, 2.05) is 76.2 Å². The van der Waals surface area contributed by atoms with Gasteiger partial charge in [0, 0.05) is 125 Å². The van der Waals surface area contributed by atoms with E-state index in [2.05, 4.69) is 24.6 Å². The van der Waals surface area contributed by atoms with Crippen molar-refractivity contribution in [2.24, 2.45) is 5.92 Å². The Morgan fingerprint density at radius 3 is 1.46 bits per heavy atom. The number of hydrogen-bond acceptors (Lipinski definition) is 12. The minimum absolute atomic E-state index is 0.0146. The van der Waals surface area contributed by atoms with Gasteiger partial charge in [0.2, 0.25) is 17.7 Å². The molecule has 0 saturated heterocycles. The van der Waals surface area contributed by atoms with Gasteiger partial charge in [-0.15, -0.1) is 0 Å². The molecule has 0 radical (unpaired) electrons. The first-order valence-electron chi connectivity index (χ1n) is 32.7. The van der Waals surface area contributed by atoms with Crippen LogP contribution in [0.4, 0.5) is 0 Å². The molecular weight excluding hydrogens is 1240 g/mol.